The van der Waals surface area contributed by atoms with Crippen molar-refractivity contribution in [3.63, 3.8) is 0 Å². The minimum atomic E-state index is -0.501. The summed E-state index contributed by atoms with van der Waals surface area (Å²) in [4.78, 5) is 60.3. The van der Waals surface area contributed by atoms with Crippen LogP contribution in [-0.2, 0) is 6.54 Å². The van der Waals surface area contributed by atoms with Crippen LogP contribution in [0.25, 0.3) is 10.9 Å². The Bertz CT molecular complexity index is 1520. The molecular weight excluding hydrogens is 446 g/mol. The monoisotopic (exact) mass is 469 g/mol. The number of hydrogen-bond acceptors (Lipinski definition) is 5. The molecule has 2 amide bonds. The van der Waals surface area contributed by atoms with Crippen molar-refractivity contribution in [1.82, 2.24) is 24.3 Å². The molecule has 0 aliphatic carbocycles. The van der Waals surface area contributed by atoms with Crippen molar-refractivity contribution in [3.8, 4) is 0 Å². The summed E-state index contributed by atoms with van der Waals surface area (Å²) >= 11 is 0. The minimum Gasteiger partial charge on any atom is -0.335 e. The molecule has 2 aromatic heterocycles. The van der Waals surface area contributed by atoms with Gasteiger partial charge in [-0.3, -0.25) is 28.9 Å². The van der Waals surface area contributed by atoms with E-state index in [1.54, 1.807) is 76.7 Å². The number of carbonyl (C=O) groups excluding carboxylic acids is 2. The lowest BCUT2D eigenvalue weighted by atomic mass is 10.1. The molecule has 1 aliphatic heterocycles. The molecule has 9 heteroatoms. The smallest absolute Gasteiger partial charge is 0.329 e. The highest BCUT2D eigenvalue weighted by molar-refractivity contribution is 5.95. The summed E-state index contributed by atoms with van der Waals surface area (Å²) < 4.78 is 1.49. The first kappa shape index (κ1) is 22.3. The summed E-state index contributed by atoms with van der Waals surface area (Å²) in [7, 11) is 0. The molecular formula is C26H23N5O4. The Morgan fingerprint density at radius 3 is 2.29 bits per heavy atom. The fourth-order valence-corrected chi connectivity index (χ4v) is 4.33. The third-order valence-electron chi connectivity index (χ3n) is 6.16. The van der Waals surface area contributed by atoms with Crippen LogP contribution in [0.2, 0.25) is 0 Å². The number of amides is 2. The number of rotatable bonds is 4. The van der Waals surface area contributed by atoms with E-state index >= 15 is 0 Å². The number of nitrogens with one attached hydrogen (secondary N) is 1. The third kappa shape index (κ3) is 4.48. The number of nitrogens with zero attached hydrogens (tertiary/aromatic N) is 4. The molecule has 0 spiro atoms. The van der Waals surface area contributed by atoms with Gasteiger partial charge in [-0.15, -0.1) is 0 Å². The van der Waals surface area contributed by atoms with Gasteiger partial charge in [0.05, 0.1) is 17.4 Å². The molecule has 35 heavy (non-hydrogen) atoms. The maximum absolute atomic E-state index is 13.2. The summed E-state index contributed by atoms with van der Waals surface area (Å²) in [6.45, 7) is 1.92. The Balaban J connectivity index is 1.31. The highest BCUT2D eigenvalue weighted by Crippen LogP contribution is 2.15. The summed E-state index contributed by atoms with van der Waals surface area (Å²) in [6, 6.07) is 19.3. The van der Waals surface area contributed by atoms with Crippen molar-refractivity contribution in [1.29, 1.82) is 0 Å². The van der Waals surface area contributed by atoms with E-state index in [0.29, 0.717) is 48.3 Å². The molecule has 1 aliphatic rings. The van der Waals surface area contributed by atoms with E-state index in [1.807, 2.05) is 6.07 Å². The van der Waals surface area contributed by atoms with E-state index in [1.165, 1.54) is 4.57 Å². The van der Waals surface area contributed by atoms with Gasteiger partial charge < -0.3 is 9.80 Å². The Morgan fingerprint density at radius 1 is 0.829 bits per heavy atom. The van der Waals surface area contributed by atoms with Crippen LogP contribution in [0.15, 0.2) is 82.5 Å². The van der Waals surface area contributed by atoms with Crippen LogP contribution in [0.1, 0.15) is 26.4 Å². The van der Waals surface area contributed by atoms with Crippen molar-refractivity contribution < 1.29 is 9.59 Å². The lowest BCUT2D eigenvalue weighted by molar-refractivity contribution is 0.0532. The predicted molar refractivity (Wildman–Crippen MR) is 130 cm³/mol. The van der Waals surface area contributed by atoms with Gasteiger partial charge in [0.25, 0.3) is 17.4 Å². The maximum atomic E-state index is 13.2. The molecule has 4 aromatic rings. The van der Waals surface area contributed by atoms with Crippen molar-refractivity contribution in [2.24, 2.45) is 0 Å². The van der Waals surface area contributed by atoms with Crippen LogP contribution in [0.3, 0.4) is 0 Å². The molecule has 2 aromatic carbocycles. The molecule has 9 nitrogen and oxygen atoms in total. The minimum absolute atomic E-state index is 0.129. The molecule has 1 N–H and O–H groups in total. The summed E-state index contributed by atoms with van der Waals surface area (Å²) in [5.41, 5.74) is 1.27. The number of aromatic amines is 1. The number of piperazine rings is 1. The topological polar surface area (TPSA) is 108 Å². The van der Waals surface area contributed by atoms with Crippen molar-refractivity contribution in [3.05, 3.63) is 111 Å². The zero-order valence-electron chi connectivity index (χ0n) is 18.9. The van der Waals surface area contributed by atoms with Crippen LogP contribution in [-0.4, -0.2) is 62.3 Å². The maximum Gasteiger partial charge on any atom is 0.329 e. The Labute approximate surface area is 200 Å². The molecule has 5 rings (SSSR count). The highest BCUT2D eigenvalue weighted by atomic mass is 16.2. The van der Waals surface area contributed by atoms with Gasteiger partial charge in [0.15, 0.2) is 0 Å². The Hall–Kier alpha value is -4.53. The highest BCUT2D eigenvalue weighted by Gasteiger charge is 2.26. The number of pyridine rings is 1. The standard InChI is InChI=1S/C26H23N5O4/c32-23-20-8-1-2-10-22(20)31(26(35)28-23)17-18-6-5-7-19(16-18)24(33)29-12-14-30(15-13-29)25(34)21-9-3-4-11-27-21/h1-11,16H,12-15,17H2,(H,28,32,35). The first-order chi connectivity index (χ1) is 17.0. The van der Waals surface area contributed by atoms with E-state index in [0.717, 1.165) is 5.56 Å². The van der Waals surface area contributed by atoms with Crippen LogP contribution in [0.5, 0.6) is 0 Å². The number of H-pyrrole nitrogens is 1. The molecule has 1 saturated heterocycles. The van der Waals surface area contributed by atoms with Crippen molar-refractivity contribution in [2.75, 3.05) is 26.2 Å². The van der Waals surface area contributed by atoms with Gasteiger partial charge in [-0.25, -0.2) is 4.79 Å². The van der Waals surface area contributed by atoms with Crippen LogP contribution >= 0.6 is 0 Å². The average Bonchev–Trinajstić information content (AvgIpc) is 2.91. The quantitative estimate of drug-likeness (QED) is 0.490. The van der Waals surface area contributed by atoms with E-state index < -0.39 is 11.2 Å². The van der Waals surface area contributed by atoms with Crippen LogP contribution in [0.4, 0.5) is 0 Å². The molecule has 0 saturated carbocycles. The Kier molecular flexibility index (Phi) is 5.97. The Morgan fingerprint density at radius 2 is 1.54 bits per heavy atom. The number of fused-ring (bicyclic) bond motifs is 1. The van der Waals surface area contributed by atoms with Gasteiger partial charge in [-0.05, 0) is 42.0 Å². The van der Waals surface area contributed by atoms with Gasteiger partial charge in [-0.2, -0.15) is 0 Å². The van der Waals surface area contributed by atoms with E-state index in [4.69, 9.17) is 0 Å². The molecule has 3 heterocycles. The van der Waals surface area contributed by atoms with Gasteiger partial charge in [-0.1, -0.05) is 30.3 Å². The molecule has 176 valence electrons. The lowest BCUT2D eigenvalue weighted by Crippen LogP contribution is -2.50. The lowest BCUT2D eigenvalue weighted by Gasteiger charge is -2.34. The second kappa shape index (κ2) is 9.38. The second-order valence-electron chi connectivity index (χ2n) is 8.36. The molecule has 0 bridgehead atoms. The predicted octanol–water partition coefficient (Wildman–Crippen LogP) is 1.73. The SMILES string of the molecule is O=C(c1cccc(Cn2c(=O)[nH]c(=O)c3ccccc32)c1)N1CCN(C(=O)c2ccccn2)CC1. The number of carbonyl (C=O) groups is 2. The van der Waals surface area contributed by atoms with Crippen LogP contribution in [0, 0.1) is 0 Å². The zero-order chi connectivity index (χ0) is 24.4. The van der Waals surface area contributed by atoms with Crippen molar-refractivity contribution in [2.45, 2.75) is 6.54 Å². The van der Waals surface area contributed by atoms with Gasteiger partial charge in [0.1, 0.15) is 5.69 Å². The van der Waals surface area contributed by atoms with Crippen molar-refractivity contribution >= 4 is 22.7 Å². The first-order valence-corrected chi connectivity index (χ1v) is 11.3. The van der Waals surface area contributed by atoms with Gasteiger partial charge in [0, 0.05) is 37.9 Å². The zero-order valence-corrected chi connectivity index (χ0v) is 18.9. The second-order valence-corrected chi connectivity index (χ2v) is 8.36. The van der Waals surface area contributed by atoms with Gasteiger partial charge >= 0.3 is 5.69 Å². The molecule has 0 radical (unpaired) electrons. The summed E-state index contributed by atoms with van der Waals surface area (Å²) in [5.74, 6) is -0.270. The van der Waals surface area contributed by atoms with Crippen LogP contribution < -0.4 is 11.2 Å². The number of benzene rings is 2. The molecule has 1 fully saturated rings. The molecule has 0 atom stereocenters. The van der Waals surface area contributed by atoms with E-state index in [2.05, 4.69) is 9.97 Å². The average molecular weight is 470 g/mol. The molecule has 0 unspecified atom stereocenters. The number of para-hydroxylation sites is 1. The largest absolute Gasteiger partial charge is 0.335 e. The number of aromatic nitrogens is 3. The number of hydrogen-bond donors (Lipinski definition) is 1. The fourth-order valence-electron chi connectivity index (χ4n) is 4.33. The third-order valence-corrected chi connectivity index (χ3v) is 6.16. The van der Waals surface area contributed by atoms with E-state index in [9.17, 15) is 19.2 Å². The summed E-state index contributed by atoms with van der Waals surface area (Å²) in [6.07, 6.45) is 1.59. The summed E-state index contributed by atoms with van der Waals surface area (Å²) in [5, 5.41) is 0.428. The fraction of sp³-hybridized carbons (Fsp3) is 0.192. The normalized spacial score (nSPS) is 13.7. The van der Waals surface area contributed by atoms with E-state index in [-0.39, 0.29) is 18.4 Å². The first-order valence-electron chi connectivity index (χ1n) is 11.3. The van der Waals surface area contributed by atoms with Gasteiger partial charge in [0.2, 0.25) is 0 Å².